The molecule has 0 fully saturated rings. The lowest BCUT2D eigenvalue weighted by atomic mass is 10.6. The third-order valence-electron chi connectivity index (χ3n) is 0.358. The zero-order valence-corrected chi connectivity index (χ0v) is 4.30. The number of alkyl halides is 1. The summed E-state index contributed by atoms with van der Waals surface area (Å²) < 4.78 is 11.1. The van der Waals surface area contributed by atoms with E-state index in [1.165, 1.54) is 6.08 Å². The number of allylic oxidation sites excluding steroid dienone is 2. The normalized spacial score (nSPS) is 12.2. The molecule has 0 saturated heterocycles. The molecule has 0 radical (unpaired) electrons. The van der Waals surface area contributed by atoms with Crippen LogP contribution in [0.15, 0.2) is 11.1 Å². The standard InChI is InChI=1S/C4H6ClF/c1-4(5)2-3-6/h2H,3H2,1H3. The van der Waals surface area contributed by atoms with Crippen molar-refractivity contribution in [2.75, 3.05) is 6.67 Å². The summed E-state index contributed by atoms with van der Waals surface area (Å²) >= 11 is 5.20. The quantitative estimate of drug-likeness (QED) is 0.483. The molecule has 0 atom stereocenters. The fraction of sp³-hybridized carbons (Fsp3) is 0.500. The Morgan fingerprint density at radius 3 is 2.50 bits per heavy atom. The molecule has 0 aliphatic carbocycles. The van der Waals surface area contributed by atoms with E-state index in [1.54, 1.807) is 6.92 Å². The number of hydrogen-bond donors (Lipinski definition) is 0. The van der Waals surface area contributed by atoms with Crippen LogP contribution in [0.5, 0.6) is 0 Å². The monoisotopic (exact) mass is 108 g/mol. The van der Waals surface area contributed by atoms with Crippen molar-refractivity contribution in [3.8, 4) is 0 Å². The van der Waals surface area contributed by atoms with Crippen LogP contribution >= 0.6 is 11.6 Å². The van der Waals surface area contributed by atoms with Crippen LogP contribution in [0.1, 0.15) is 6.92 Å². The number of rotatable bonds is 1. The van der Waals surface area contributed by atoms with Gasteiger partial charge in [-0.2, -0.15) is 0 Å². The van der Waals surface area contributed by atoms with Gasteiger partial charge in [0.25, 0.3) is 0 Å². The fourth-order valence-corrected chi connectivity index (χ4v) is 0.165. The molecule has 0 heterocycles. The first kappa shape index (κ1) is 5.96. The van der Waals surface area contributed by atoms with Gasteiger partial charge in [0.2, 0.25) is 0 Å². The summed E-state index contributed by atoms with van der Waals surface area (Å²) in [5.74, 6) is 0. The summed E-state index contributed by atoms with van der Waals surface area (Å²) in [7, 11) is 0. The molecule has 0 N–H and O–H groups in total. The van der Waals surface area contributed by atoms with Gasteiger partial charge in [-0.3, -0.25) is 0 Å². The minimum absolute atomic E-state index is 0.463. The van der Waals surface area contributed by atoms with Crippen LogP contribution in [0.4, 0.5) is 4.39 Å². The van der Waals surface area contributed by atoms with E-state index in [0.717, 1.165) is 0 Å². The predicted molar refractivity (Wildman–Crippen MR) is 25.6 cm³/mol. The highest BCUT2D eigenvalue weighted by Crippen LogP contribution is 1.95. The highest BCUT2D eigenvalue weighted by atomic mass is 35.5. The SMILES string of the molecule is CC(Cl)=CCF. The first-order chi connectivity index (χ1) is 2.77. The Morgan fingerprint density at radius 2 is 2.50 bits per heavy atom. The van der Waals surface area contributed by atoms with E-state index >= 15 is 0 Å². The average Bonchev–Trinajstić information content (AvgIpc) is 1.35. The minimum Gasteiger partial charge on any atom is -0.247 e. The zero-order valence-electron chi connectivity index (χ0n) is 3.54. The molecular weight excluding hydrogens is 102 g/mol. The van der Waals surface area contributed by atoms with E-state index in [-0.39, 0.29) is 0 Å². The summed E-state index contributed by atoms with van der Waals surface area (Å²) in [4.78, 5) is 0. The van der Waals surface area contributed by atoms with Gasteiger partial charge in [0.15, 0.2) is 0 Å². The Labute approximate surface area is 41.6 Å². The van der Waals surface area contributed by atoms with Crippen LogP contribution in [-0.4, -0.2) is 6.67 Å². The molecule has 0 aromatic carbocycles. The van der Waals surface area contributed by atoms with E-state index < -0.39 is 6.67 Å². The summed E-state index contributed by atoms with van der Waals surface area (Å²) in [6.07, 6.45) is 1.31. The smallest absolute Gasteiger partial charge is 0.109 e. The van der Waals surface area contributed by atoms with E-state index in [4.69, 9.17) is 11.6 Å². The van der Waals surface area contributed by atoms with Gasteiger partial charge in [-0.15, -0.1) is 0 Å². The van der Waals surface area contributed by atoms with Crippen LogP contribution in [0.25, 0.3) is 0 Å². The van der Waals surface area contributed by atoms with E-state index in [1.807, 2.05) is 0 Å². The molecule has 6 heavy (non-hydrogen) atoms. The fourth-order valence-electron chi connectivity index (χ4n) is 0.106. The summed E-state index contributed by atoms with van der Waals surface area (Å²) in [5.41, 5.74) is 0. The molecule has 0 aromatic rings. The zero-order chi connectivity index (χ0) is 4.99. The van der Waals surface area contributed by atoms with Crippen molar-refractivity contribution in [2.24, 2.45) is 0 Å². The molecule has 0 unspecified atom stereocenters. The molecule has 0 amide bonds. The first-order valence-corrected chi connectivity index (χ1v) is 2.03. The van der Waals surface area contributed by atoms with Crippen LogP contribution in [0.3, 0.4) is 0 Å². The maximum atomic E-state index is 11.1. The van der Waals surface area contributed by atoms with Gasteiger partial charge in [-0.1, -0.05) is 11.6 Å². The van der Waals surface area contributed by atoms with Crippen molar-refractivity contribution >= 4 is 11.6 Å². The molecule has 2 heteroatoms. The molecule has 0 spiro atoms. The highest BCUT2D eigenvalue weighted by molar-refractivity contribution is 6.29. The lowest BCUT2D eigenvalue weighted by Gasteiger charge is -1.75. The van der Waals surface area contributed by atoms with Crippen molar-refractivity contribution in [3.05, 3.63) is 11.1 Å². The third-order valence-corrected chi connectivity index (χ3v) is 0.513. The van der Waals surface area contributed by atoms with Crippen molar-refractivity contribution < 1.29 is 4.39 Å². The second kappa shape index (κ2) is 3.16. The van der Waals surface area contributed by atoms with Gasteiger partial charge in [0.05, 0.1) is 0 Å². The van der Waals surface area contributed by atoms with Gasteiger partial charge in [-0.25, -0.2) is 4.39 Å². The summed E-state index contributed by atoms with van der Waals surface area (Å²) in [5, 5.41) is 0.512. The van der Waals surface area contributed by atoms with Gasteiger partial charge >= 0.3 is 0 Å². The topological polar surface area (TPSA) is 0 Å². The molecule has 0 rings (SSSR count). The van der Waals surface area contributed by atoms with E-state index in [9.17, 15) is 4.39 Å². The molecule has 0 nitrogen and oxygen atoms in total. The molecule has 0 aromatic heterocycles. The van der Waals surface area contributed by atoms with Crippen molar-refractivity contribution in [2.45, 2.75) is 6.92 Å². The number of halogens is 2. The van der Waals surface area contributed by atoms with Crippen LogP contribution in [-0.2, 0) is 0 Å². The average molecular weight is 109 g/mol. The molecule has 0 aliphatic heterocycles. The second-order valence-corrected chi connectivity index (χ2v) is 1.54. The molecule has 0 bridgehead atoms. The maximum Gasteiger partial charge on any atom is 0.109 e. The summed E-state index contributed by atoms with van der Waals surface area (Å²) in [6.45, 7) is 1.18. The Morgan fingerprint density at radius 1 is 2.00 bits per heavy atom. The van der Waals surface area contributed by atoms with Gasteiger partial charge in [0, 0.05) is 5.03 Å². The second-order valence-electron chi connectivity index (χ2n) is 0.945. The Balaban J connectivity index is 3.14. The van der Waals surface area contributed by atoms with Gasteiger partial charge in [-0.05, 0) is 13.0 Å². The molecule has 0 saturated carbocycles. The molecule has 36 valence electrons. The van der Waals surface area contributed by atoms with Crippen LogP contribution in [0.2, 0.25) is 0 Å². The maximum absolute atomic E-state index is 11.1. The predicted octanol–water partition coefficient (Wildman–Crippen LogP) is 2.10. The largest absolute Gasteiger partial charge is 0.247 e. The Kier molecular flexibility index (Phi) is 3.14. The summed E-state index contributed by atoms with van der Waals surface area (Å²) in [6, 6.07) is 0. The van der Waals surface area contributed by atoms with Crippen molar-refractivity contribution in [3.63, 3.8) is 0 Å². The van der Waals surface area contributed by atoms with Gasteiger partial charge < -0.3 is 0 Å². The molecule has 0 aliphatic rings. The van der Waals surface area contributed by atoms with E-state index in [2.05, 4.69) is 0 Å². The lowest BCUT2D eigenvalue weighted by molar-refractivity contribution is 0.561. The number of hydrogen-bond acceptors (Lipinski definition) is 0. The van der Waals surface area contributed by atoms with Crippen LogP contribution < -0.4 is 0 Å². The minimum atomic E-state index is -0.463. The molecular formula is C4H6ClF. The Hall–Kier alpha value is -0.0400. The highest BCUT2D eigenvalue weighted by Gasteiger charge is 1.72. The van der Waals surface area contributed by atoms with Crippen LogP contribution in [0, 0.1) is 0 Å². The lowest BCUT2D eigenvalue weighted by Crippen LogP contribution is -1.61. The van der Waals surface area contributed by atoms with E-state index in [0.29, 0.717) is 5.03 Å². The Bertz CT molecular complexity index is 54.6. The third kappa shape index (κ3) is 3.96. The van der Waals surface area contributed by atoms with Crippen molar-refractivity contribution in [1.29, 1.82) is 0 Å². The van der Waals surface area contributed by atoms with Crippen molar-refractivity contribution in [1.82, 2.24) is 0 Å². The first-order valence-electron chi connectivity index (χ1n) is 1.65. The van der Waals surface area contributed by atoms with Gasteiger partial charge in [0.1, 0.15) is 6.67 Å².